The number of aromatic hydroxyl groups is 1. The van der Waals surface area contributed by atoms with Gasteiger partial charge in [0.1, 0.15) is 0 Å². The Labute approximate surface area is 95.7 Å². The molecule has 0 aliphatic heterocycles. The molecule has 0 saturated heterocycles. The number of nitrogens with zero attached hydrogens (tertiary/aromatic N) is 1. The second kappa shape index (κ2) is 5.58. The quantitative estimate of drug-likeness (QED) is 0.847. The summed E-state index contributed by atoms with van der Waals surface area (Å²) in [7, 11) is 0. The van der Waals surface area contributed by atoms with Gasteiger partial charge in [-0.15, -0.1) is 12.4 Å². The second-order valence-corrected chi connectivity index (χ2v) is 2.87. The zero-order valence-corrected chi connectivity index (χ0v) is 8.64. The first-order valence-corrected chi connectivity index (χ1v) is 3.93. The van der Waals surface area contributed by atoms with E-state index in [1.807, 2.05) is 0 Å². The molecule has 16 heavy (non-hydrogen) atoms. The molecular weight excluding hydrogens is 245 g/mol. The topological polar surface area (TPSA) is 70.0 Å². The Morgan fingerprint density at radius 3 is 2.38 bits per heavy atom. The normalized spacial score (nSPS) is 11.8. The third-order valence-electron chi connectivity index (χ3n) is 1.85. The zero-order chi connectivity index (χ0) is 11.6. The lowest BCUT2D eigenvalue weighted by molar-refractivity contribution is 0.115. The van der Waals surface area contributed by atoms with Gasteiger partial charge < -0.3 is 10.8 Å². The first-order chi connectivity index (χ1) is 6.97. The van der Waals surface area contributed by atoms with E-state index in [0.717, 1.165) is 12.1 Å². The Morgan fingerprint density at radius 2 is 1.94 bits per heavy atom. The molecule has 88 valence electrons. The lowest BCUT2D eigenvalue weighted by atomic mass is 10.0. The van der Waals surface area contributed by atoms with Crippen molar-refractivity contribution in [1.82, 2.24) is 0 Å². The van der Waals surface area contributed by atoms with Crippen molar-refractivity contribution in [3.63, 3.8) is 0 Å². The van der Waals surface area contributed by atoms with Crippen LogP contribution < -0.4 is 5.73 Å². The van der Waals surface area contributed by atoms with Crippen LogP contribution in [0.1, 0.15) is 17.2 Å². The average molecular weight is 253 g/mol. The molecule has 0 aliphatic carbocycles. The fourth-order valence-electron chi connectivity index (χ4n) is 1.07. The molecule has 0 heterocycles. The molecule has 0 amide bonds. The summed E-state index contributed by atoms with van der Waals surface area (Å²) in [6.45, 7) is 0. The zero-order valence-electron chi connectivity index (χ0n) is 7.82. The van der Waals surface area contributed by atoms with E-state index >= 15 is 0 Å². The summed E-state index contributed by atoms with van der Waals surface area (Å²) in [5, 5.41) is 17.6. The molecule has 0 spiro atoms. The molecule has 1 aromatic carbocycles. The number of rotatable bonds is 2. The molecule has 3 nitrogen and oxygen atoms in total. The van der Waals surface area contributed by atoms with Gasteiger partial charge >= 0.3 is 0 Å². The molecule has 0 radical (unpaired) electrons. The summed E-state index contributed by atoms with van der Waals surface area (Å²) in [5.41, 5.74) is 4.40. The minimum absolute atomic E-state index is 0. The third-order valence-corrected chi connectivity index (χ3v) is 1.85. The summed E-state index contributed by atoms with van der Waals surface area (Å²) < 4.78 is 37.4. The van der Waals surface area contributed by atoms with Crippen molar-refractivity contribution in [1.29, 1.82) is 5.26 Å². The smallest absolute Gasteiger partial charge is 0.257 e. The van der Waals surface area contributed by atoms with Gasteiger partial charge in [0.15, 0.2) is 11.6 Å². The van der Waals surface area contributed by atoms with Crippen LogP contribution in [0, 0.1) is 17.1 Å². The summed E-state index contributed by atoms with van der Waals surface area (Å²) >= 11 is 0. The van der Waals surface area contributed by atoms with E-state index in [4.69, 9.17) is 16.1 Å². The third kappa shape index (κ3) is 2.78. The summed E-state index contributed by atoms with van der Waals surface area (Å²) in [5.74, 6) is -2.08. The number of phenolic OH excluding ortho intramolecular Hbond substituents is 1. The Morgan fingerprint density at radius 1 is 1.38 bits per heavy atom. The molecular formula is C9H8ClF3N2O. The molecule has 0 aromatic heterocycles. The molecule has 1 rings (SSSR count). The van der Waals surface area contributed by atoms with Crippen LogP contribution in [0.15, 0.2) is 12.1 Å². The number of nitrogens with two attached hydrogens (primary N) is 1. The van der Waals surface area contributed by atoms with Crippen LogP contribution in [0.3, 0.4) is 0 Å². The van der Waals surface area contributed by atoms with Crippen molar-refractivity contribution in [2.24, 2.45) is 5.73 Å². The summed E-state index contributed by atoms with van der Waals surface area (Å²) in [6, 6.07) is 1.45. The lowest BCUT2D eigenvalue weighted by Crippen LogP contribution is -2.19. The number of hydrogen-bond acceptors (Lipinski definition) is 3. The van der Waals surface area contributed by atoms with Gasteiger partial charge in [-0.1, -0.05) is 0 Å². The maximum absolute atomic E-state index is 12.9. The molecule has 1 atom stereocenters. The first kappa shape index (κ1) is 14.6. The Hall–Kier alpha value is -1.45. The minimum atomic E-state index is -2.94. The molecule has 0 bridgehead atoms. The van der Waals surface area contributed by atoms with E-state index in [2.05, 4.69) is 0 Å². The largest absolute Gasteiger partial charge is 0.505 e. The van der Waals surface area contributed by atoms with Crippen LogP contribution in [0.25, 0.3) is 0 Å². The fourth-order valence-corrected chi connectivity index (χ4v) is 1.07. The predicted octanol–water partition coefficient (Wildman–Crippen LogP) is 2.09. The van der Waals surface area contributed by atoms with Gasteiger partial charge in [0.2, 0.25) is 0 Å². The molecule has 3 N–H and O–H groups in total. The van der Waals surface area contributed by atoms with Gasteiger partial charge in [0.25, 0.3) is 6.43 Å². The van der Waals surface area contributed by atoms with Gasteiger partial charge in [-0.3, -0.25) is 0 Å². The average Bonchev–Trinajstić information content (AvgIpc) is 2.20. The monoisotopic (exact) mass is 252 g/mol. The minimum Gasteiger partial charge on any atom is -0.505 e. The van der Waals surface area contributed by atoms with Gasteiger partial charge in [-0.25, -0.2) is 13.2 Å². The maximum atomic E-state index is 12.9. The fraction of sp³-hybridized carbons (Fsp3) is 0.222. The van der Waals surface area contributed by atoms with E-state index < -0.39 is 29.6 Å². The second-order valence-electron chi connectivity index (χ2n) is 2.87. The molecule has 1 aromatic rings. The number of halogens is 4. The lowest BCUT2D eigenvalue weighted by Gasteiger charge is -2.13. The van der Waals surface area contributed by atoms with Crippen molar-refractivity contribution in [2.45, 2.75) is 12.5 Å². The molecule has 0 aliphatic rings. The van der Waals surface area contributed by atoms with Gasteiger partial charge in [0.05, 0.1) is 17.7 Å². The first-order valence-electron chi connectivity index (χ1n) is 3.93. The van der Waals surface area contributed by atoms with Crippen LogP contribution in [0.5, 0.6) is 5.75 Å². The standard InChI is InChI=1S/C9H7F3N2O.ClH/c10-6-2-4(3-13)1-5(8(6)15)7(14)9(11)12;/h1-2,7,9,15H,14H2;1H/t7-;/m0./s1. The Balaban J connectivity index is 0.00000225. The van der Waals surface area contributed by atoms with Crippen LogP contribution in [-0.2, 0) is 0 Å². The number of benzene rings is 1. The molecule has 0 unspecified atom stereocenters. The van der Waals surface area contributed by atoms with E-state index in [-0.39, 0.29) is 18.0 Å². The highest BCUT2D eigenvalue weighted by Gasteiger charge is 2.23. The van der Waals surface area contributed by atoms with Crippen LogP contribution in [0.2, 0.25) is 0 Å². The van der Waals surface area contributed by atoms with Crippen molar-refractivity contribution < 1.29 is 18.3 Å². The maximum Gasteiger partial charge on any atom is 0.257 e. The number of alkyl halides is 2. The van der Waals surface area contributed by atoms with Gasteiger partial charge in [-0.05, 0) is 12.1 Å². The summed E-state index contributed by atoms with van der Waals surface area (Å²) in [6.07, 6.45) is -2.94. The number of hydrogen-bond donors (Lipinski definition) is 2. The van der Waals surface area contributed by atoms with Crippen LogP contribution in [0.4, 0.5) is 13.2 Å². The van der Waals surface area contributed by atoms with Crippen molar-refractivity contribution in [3.8, 4) is 11.8 Å². The highest BCUT2D eigenvalue weighted by atomic mass is 35.5. The number of nitriles is 1. The highest BCUT2D eigenvalue weighted by Crippen LogP contribution is 2.30. The predicted molar refractivity (Wildman–Crippen MR) is 53.0 cm³/mol. The molecule has 0 fully saturated rings. The van der Waals surface area contributed by atoms with Crippen molar-refractivity contribution in [2.75, 3.05) is 0 Å². The Bertz CT molecular complexity index is 420. The number of phenols is 1. The van der Waals surface area contributed by atoms with Crippen molar-refractivity contribution >= 4 is 12.4 Å². The van der Waals surface area contributed by atoms with E-state index in [9.17, 15) is 13.2 Å². The summed E-state index contributed by atoms with van der Waals surface area (Å²) in [4.78, 5) is 0. The molecule has 7 heteroatoms. The molecule has 0 saturated carbocycles. The Kier molecular flexibility index (Phi) is 5.08. The van der Waals surface area contributed by atoms with Crippen LogP contribution >= 0.6 is 12.4 Å². The van der Waals surface area contributed by atoms with Gasteiger partial charge in [-0.2, -0.15) is 5.26 Å². The van der Waals surface area contributed by atoms with Crippen molar-refractivity contribution in [3.05, 3.63) is 29.1 Å². The van der Waals surface area contributed by atoms with Gasteiger partial charge in [0, 0.05) is 5.56 Å². The van der Waals surface area contributed by atoms with Crippen LogP contribution in [-0.4, -0.2) is 11.5 Å². The van der Waals surface area contributed by atoms with E-state index in [1.165, 1.54) is 0 Å². The SMILES string of the molecule is Cl.N#Cc1cc(F)c(O)c([C@H](N)C(F)F)c1. The van der Waals surface area contributed by atoms with E-state index in [0.29, 0.717) is 0 Å². The van der Waals surface area contributed by atoms with E-state index in [1.54, 1.807) is 6.07 Å². The highest BCUT2D eigenvalue weighted by molar-refractivity contribution is 5.85.